The van der Waals surface area contributed by atoms with E-state index < -0.39 is 26.2 Å². The third-order valence-corrected chi connectivity index (χ3v) is 7.18. The maximum absolute atomic E-state index is 11.8. The van der Waals surface area contributed by atoms with Gasteiger partial charge in [0.15, 0.2) is 0 Å². The molecule has 4 atom stereocenters. The highest BCUT2D eigenvalue weighted by molar-refractivity contribution is 6.41. The highest BCUT2D eigenvalue weighted by atomic mass is 16.5. The Balaban J connectivity index is 0.000000351. The van der Waals surface area contributed by atoms with Crippen LogP contribution in [-0.2, 0) is 14.3 Å². The van der Waals surface area contributed by atoms with Crippen molar-refractivity contribution in [2.75, 3.05) is 47.4 Å². The standard InChI is InChI=1S/C11H23BN2O4.C10H21BN2O4/c1-13-8-11(4-3-6-12(16)17)5-7-14-9(11)10(15)18-2;1-12-7-10(3-2-5-11(16)17)4-6-13-8(10)9(14)15/h9,13-14,16-17H,3-8H2,1-2H3;8,12-13,16-17H,2-7H2,1H3,(H,14,15)/t9-,11-;8-,10-/m11/s1. The lowest BCUT2D eigenvalue weighted by atomic mass is 9.72. The van der Waals surface area contributed by atoms with Gasteiger partial charge < -0.3 is 51.2 Å². The number of aliphatic carboxylic acids is 1. The average Bonchev–Trinajstić information content (AvgIpc) is 3.38. The molecule has 0 amide bonds. The Labute approximate surface area is 208 Å². The minimum atomic E-state index is -1.31. The Kier molecular flexibility index (Phi) is 14.3. The summed E-state index contributed by atoms with van der Waals surface area (Å²) in [5.74, 6) is -1.07. The third kappa shape index (κ3) is 9.62. The molecule has 2 fully saturated rings. The summed E-state index contributed by atoms with van der Waals surface area (Å²) in [5.41, 5.74) is -0.522. The topological polar surface area (TPSA) is 193 Å². The molecule has 2 saturated heterocycles. The second-order valence-corrected chi connectivity index (χ2v) is 9.67. The van der Waals surface area contributed by atoms with E-state index in [0.29, 0.717) is 45.2 Å². The first-order valence-corrected chi connectivity index (χ1v) is 12.4. The van der Waals surface area contributed by atoms with Gasteiger partial charge in [0, 0.05) is 23.9 Å². The van der Waals surface area contributed by atoms with Crippen molar-refractivity contribution in [3.63, 3.8) is 0 Å². The molecule has 0 bridgehead atoms. The first-order valence-electron chi connectivity index (χ1n) is 12.4. The van der Waals surface area contributed by atoms with Gasteiger partial charge in [-0.2, -0.15) is 0 Å². The predicted molar refractivity (Wildman–Crippen MR) is 134 cm³/mol. The van der Waals surface area contributed by atoms with E-state index in [1.165, 1.54) is 7.11 Å². The second kappa shape index (κ2) is 15.8. The van der Waals surface area contributed by atoms with Gasteiger partial charge in [-0.25, -0.2) is 0 Å². The number of carboxylic acids is 1. The van der Waals surface area contributed by atoms with Gasteiger partial charge in [-0.15, -0.1) is 0 Å². The molecule has 0 aromatic rings. The van der Waals surface area contributed by atoms with Crippen molar-refractivity contribution in [1.82, 2.24) is 21.3 Å². The minimum absolute atomic E-state index is 0.198. The van der Waals surface area contributed by atoms with Gasteiger partial charge in [-0.05, 0) is 65.5 Å². The number of carbonyl (C=O) groups excluding carboxylic acids is 1. The number of carboxylic acid groups (broad SMARTS) is 1. The first kappa shape index (κ1) is 31.8. The Morgan fingerprint density at radius 2 is 1.31 bits per heavy atom. The minimum Gasteiger partial charge on any atom is -0.480 e. The number of nitrogens with one attached hydrogen (secondary N) is 4. The van der Waals surface area contributed by atoms with Crippen LogP contribution in [0.1, 0.15) is 38.5 Å². The summed E-state index contributed by atoms with van der Waals surface area (Å²) in [4.78, 5) is 23.0. The van der Waals surface area contributed by atoms with E-state index in [4.69, 9.17) is 24.8 Å². The summed E-state index contributed by atoms with van der Waals surface area (Å²) in [6.07, 6.45) is 5.03. The Bertz CT molecular complexity index is 648. The van der Waals surface area contributed by atoms with Crippen LogP contribution < -0.4 is 21.3 Å². The summed E-state index contributed by atoms with van der Waals surface area (Å²) >= 11 is 0. The number of carbonyl (C=O) groups is 2. The highest BCUT2D eigenvalue weighted by Crippen LogP contribution is 2.37. The van der Waals surface area contributed by atoms with Crippen LogP contribution in [0.3, 0.4) is 0 Å². The van der Waals surface area contributed by atoms with Crippen LogP contribution in [0.5, 0.6) is 0 Å². The number of ether oxygens (including phenoxy) is 1. The molecule has 35 heavy (non-hydrogen) atoms. The monoisotopic (exact) mass is 502 g/mol. The van der Waals surface area contributed by atoms with Crippen molar-refractivity contribution in [2.45, 2.75) is 63.2 Å². The van der Waals surface area contributed by atoms with E-state index >= 15 is 0 Å². The van der Waals surface area contributed by atoms with Gasteiger partial charge in [0.1, 0.15) is 12.1 Å². The zero-order chi connectivity index (χ0) is 26.5. The van der Waals surface area contributed by atoms with E-state index in [9.17, 15) is 14.7 Å². The van der Waals surface area contributed by atoms with Gasteiger partial charge in [-0.1, -0.05) is 12.8 Å². The molecule has 14 heteroatoms. The van der Waals surface area contributed by atoms with Gasteiger partial charge in [0.25, 0.3) is 0 Å². The summed E-state index contributed by atoms with van der Waals surface area (Å²) in [6.45, 7) is 2.81. The third-order valence-electron chi connectivity index (χ3n) is 7.18. The normalized spacial score (nSPS) is 27.7. The maximum Gasteiger partial charge on any atom is 0.451 e. The lowest BCUT2D eigenvalue weighted by molar-refractivity contribution is -0.146. The summed E-state index contributed by atoms with van der Waals surface area (Å²) < 4.78 is 4.84. The summed E-state index contributed by atoms with van der Waals surface area (Å²) in [6, 6.07) is -0.864. The van der Waals surface area contributed by atoms with Crippen LogP contribution in [0.4, 0.5) is 0 Å². The Morgan fingerprint density at radius 1 is 0.886 bits per heavy atom. The second-order valence-electron chi connectivity index (χ2n) is 9.67. The van der Waals surface area contributed by atoms with Crippen LogP contribution in [0, 0.1) is 10.8 Å². The van der Waals surface area contributed by atoms with Crippen molar-refractivity contribution >= 4 is 26.2 Å². The smallest absolute Gasteiger partial charge is 0.451 e. The summed E-state index contributed by atoms with van der Waals surface area (Å²) in [7, 11) is 2.47. The summed E-state index contributed by atoms with van der Waals surface area (Å²) in [5, 5.41) is 57.0. The number of esters is 1. The quantitative estimate of drug-likeness (QED) is 0.0928. The fourth-order valence-corrected chi connectivity index (χ4v) is 5.53. The van der Waals surface area contributed by atoms with Crippen molar-refractivity contribution in [3.05, 3.63) is 0 Å². The largest absolute Gasteiger partial charge is 0.480 e. The number of rotatable bonds is 14. The van der Waals surface area contributed by atoms with Crippen LogP contribution in [0.2, 0.25) is 12.6 Å². The predicted octanol–water partition coefficient (Wildman–Crippen LogP) is -2.13. The average molecular weight is 502 g/mol. The van der Waals surface area contributed by atoms with Crippen LogP contribution in [0.15, 0.2) is 0 Å². The molecule has 0 aliphatic carbocycles. The zero-order valence-corrected chi connectivity index (χ0v) is 21.3. The van der Waals surface area contributed by atoms with Gasteiger partial charge in [0.2, 0.25) is 0 Å². The fraction of sp³-hybridized carbons (Fsp3) is 0.905. The maximum atomic E-state index is 11.8. The van der Waals surface area contributed by atoms with Gasteiger partial charge >= 0.3 is 26.2 Å². The molecule has 12 nitrogen and oxygen atoms in total. The van der Waals surface area contributed by atoms with Crippen molar-refractivity contribution in [1.29, 1.82) is 0 Å². The molecule has 202 valence electrons. The Hall–Kier alpha value is -1.25. The van der Waals surface area contributed by atoms with E-state index in [1.807, 2.05) is 7.05 Å². The molecule has 0 radical (unpaired) electrons. The van der Waals surface area contributed by atoms with E-state index in [0.717, 1.165) is 25.8 Å². The molecule has 0 spiro atoms. The van der Waals surface area contributed by atoms with Gasteiger partial charge in [0.05, 0.1) is 7.11 Å². The molecule has 0 aromatic carbocycles. The zero-order valence-electron chi connectivity index (χ0n) is 21.3. The molecule has 0 saturated carbocycles. The van der Waals surface area contributed by atoms with E-state index in [-0.39, 0.29) is 29.2 Å². The SMILES string of the molecule is CNC[C@@]1(CCCB(O)O)CCN[C@@H]1C(=O)O.CNC[C@@]1(CCCB(O)O)CCN[C@@H]1C(=O)OC. The Morgan fingerprint density at radius 3 is 1.69 bits per heavy atom. The fourth-order valence-electron chi connectivity index (χ4n) is 5.53. The van der Waals surface area contributed by atoms with Crippen molar-refractivity contribution in [3.8, 4) is 0 Å². The number of methoxy groups -OCH3 is 1. The van der Waals surface area contributed by atoms with Crippen LogP contribution in [-0.4, -0.2) is 111 Å². The molecule has 9 N–H and O–H groups in total. The molecule has 2 rings (SSSR count). The van der Waals surface area contributed by atoms with Crippen molar-refractivity contribution < 1.29 is 39.5 Å². The van der Waals surface area contributed by atoms with Crippen LogP contribution >= 0.6 is 0 Å². The molecule has 0 unspecified atom stereocenters. The molecule has 2 aliphatic heterocycles. The highest BCUT2D eigenvalue weighted by Gasteiger charge is 2.47. The first-order chi connectivity index (χ1) is 16.6. The van der Waals surface area contributed by atoms with E-state index in [2.05, 4.69) is 21.3 Å². The molecule has 2 aliphatic rings. The molecule has 0 aromatic heterocycles. The molecular formula is C21H44B2N4O8. The molecular weight excluding hydrogens is 458 g/mol. The number of hydrogen-bond donors (Lipinski definition) is 9. The van der Waals surface area contributed by atoms with Crippen molar-refractivity contribution in [2.24, 2.45) is 10.8 Å². The lowest BCUT2D eigenvalue weighted by Crippen LogP contribution is -2.48. The lowest BCUT2D eigenvalue weighted by Gasteiger charge is -2.33. The van der Waals surface area contributed by atoms with E-state index in [1.54, 1.807) is 7.05 Å². The number of hydrogen-bond acceptors (Lipinski definition) is 11. The van der Waals surface area contributed by atoms with Gasteiger partial charge in [-0.3, -0.25) is 9.59 Å². The molecule has 2 heterocycles. The van der Waals surface area contributed by atoms with Crippen LogP contribution in [0.25, 0.3) is 0 Å².